The van der Waals surface area contributed by atoms with Gasteiger partial charge in [0, 0.05) is 12.2 Å². The third-order valence-corrected chi connectivity index (χ3v) is 0.881. The van der Waals surface area contributed by atoms with Gasteiger partial charge in [0.25, 0.3) is 0 Å². The molecule has 0 spiro atoms. The molecule has 0 rings (SSSR count). The van der Waals surface area contributed by atoms with E-state index >= 15 is 0 Å². The SMILES string of the molecule is C/C=C\C#N.C/C=C\C(=O)O.C/C=C\C(N)=O. The molecule has 3 N–H and O–H groups in total. The minimum atomic E-state index is -0.891. The Morgan fingerprint density at radius 1 is 1.12 bits per heavy atom. The summed E-state index contributed by atoms with van der Waals surface area (Å²) in [6.07, 6.45) is 8.59. The van der Waals surface area contributed by atoms with E-state index in [1.54, 1.807) is 26.0 Å². The molecule has 0 aromatic heterocycles. The van der Waals surface area contributed by atoms with Crippen LogP contribution in [0, 0.1) is 11.3 Å². The van der Waals surface area contributed by atoms with Crippen molar-refractivity contribution in [3.63, 3.8) is 0 Å². The van der Waals surface area contributed by atoms with Crippen LogP contribution in [0.2, 0.25) is 0 Å². The molecule has 0 aliphatic rings. The Morgan fingerprint density at radius 3 is 1.59 bits per heavy atom. The Labute approximate surface area is 102 Å². The number of hydrogen-bond acceptors (Lipinski definition) is 3. The zero-order valence-electron chi connectivity index (χ0n) is 10.3. The molecule has 0 aliphatic carbocycles. The van der Waals surface area contributed by atoms with Gasteiger partial charge in [0.2, 0.25) is 5.91 Å². The number of rotatable bonds is 2. The van der Waals surface area contributed by atoms with Crippen molar-refractivity contribution in [2.24, 2.45) is 5.73 Å². The zero-order valence-corrected chi connectivity index (χ0v) is 10.3. The maximum Gasteiger partial charge on any atom is 0.327 e. The number of nitrogens with zero attached hydrogens (tertiary/aromatic N) is 1. The number of amides is 1. The van der Waals surface area contributed by atoms with Crippen LogP contribution >= 0.6 is 0 Å². The molecule has 0 aliphatic heterocycles. The molecule has 0 aromatic carbocycles. The summed E-state index contributed by atoms with van der Waals surface area (Å²) in [5.41, 5.74) is 4.68. The fourth-order valence-electron chi connectivity index (χ4n) is 0.381. The lowest BCUT2D eigenvalue weighted by molar-refractivity contribution is -0.131. The molecule has 0 saturated heterocycles. The second-order valence-corrected chi connectivity index (χ2v) is 2.37. The van der Waals surface area contributed by atoms with Gasteiger partial charge in [-0.2, -0.15) is 5.26 Å². The Kier molecular flexibility index (Phi) is 22.8. The number of hydrogen-bond donors (Lipinski definition) is 2. The van der Waals surface area contributed by atoms with Gasteiger partial charge >= 0.3 is 5.97 Å². The van der Waals surface area contributed by atoms with Gasteiger partial charge < -0.3 is 10.8 Å². The summed E-state index contributed by atoms with van der Waals surface area (Å²) in [6.45, 7) is 5.21. The van der Waals surface area contributed by atoms with E-state index in [2.05, 4.69) is 5.73 Å². The Balaban J connectivity index is -0.000000174. The Bertz CT molecular complexity index is 301. The number of aliphatic carboxylic acids is 1. The molecule has 0 fully saturated rings. The molecular weight excluding hydrogens is 220 g/mol. The number of carboxylic acid groups (broad SMARTS) is 1. The van der Waals surface area contributed by atoms with Crippen LogP contribution in [0.25, 0.3) is 0 Å². The Hall–Kier alpha value is -2.35. The topological polar surface area (TPSA) is 104 Å². The lowest BCUT2D eigenvalue weighted by Crippen LogP contribution is -2.04. The van der Waals surface area contributed by atoms with Crippen molar-refractivity contribution in [3.8, 4) is 6.07 Å². The van der Waals surface area contributed by atoms with Gasteiger partial charge in [-0.1, -0.05) is 18.2 Å². The van der Waals surface area contributed by atoms with E-state index < -0.39 is 11.9 Å². The number of carboxylic acids is 1. The monoisotopic (exact) mass is 238 g/mol. The maximum absolute atomic E-state index is 9.73. The third-order valence-electron chi connectivity index (χ3n) is 0.881. The molecule has 0 bridgehead atoms. The second-order valence-electron chi connectivity index (χ2n) is 2.37. The van der Waals surface area contributed by atoms with Crippen LogP contribution in [-0.2, 0) is 9.59 Å². The smallest absolute Gasteiger partial charge is 0.327 e. The van der Waals surface area contributed by atoms with Gasteiger partial charge in [0.15, 0.2) is 0 Å². The average Bonchev–Trinajstić information content (AvgIpc) is 2.20. The normalized spacial score (nSPS) is 9.06. The van der Waals surface area contributed by atoms with Crippen molar-refractivity contribution < 1.29 is 14.7 Å². The lowest BCUT2D eigenvalue weighted by Gasteiger charge is -1.70. The van der Waals surface area contributed by atoms with Gasteiger partial charge in [-0.25, -0.2) is 4.79 Å². The first-order valence-electron chi connectivity index (χ1n) is 4.74. The molecule has 0 radical (unpaired) electrons. The van der Waals surface area contributed by atoms with E-state index in [-0.39, 0.29) is 0 Å². The van der Waals surface area contributed by atoms with Crippen molar-refractivity contribution in [3.05, 3.63) is 36.5 Å². The number of carbonyl (C=O) groups is 2. The molecule has 5 nitrogen and oxygen atoms in total. The predicted molar refractivity (Wildman–Crippen MR) is 66.9 cm³/mol. The summed E-state index contributed by atoms with van der Waals surface area (Å²) < 4.78 is 0. The fourth-order valence-corrected chi connectivity index (χ4v) is 0.381. The summed E-state index contributed by atoms with van der Waals surface area (Å²) in [5, 5.41) is 15.6. The van der Waals surface area contributed by atoms with Gasteiger partial charge in [0.1, 0.15) is 0 Å². The van der Waals surface area contributed by atoms with Crippen molar-refractivity contribution in [2.75, 3.05) is 0 Å². The van der Waals surface area contributed by atoms with Crippen LogP contribution in [0.4, 0.5) is 0 Å². The molecule has 17 heavy (non-hydrogen) atoms. The van der Waals surface area contributed by atoms with Crippen LogP contribution in [0.3, 0.4) is 0 Å². The van der Waals surface area contributed by atoms with Crippen LogP contribution < -0.4 is 5.73 Å². The van der Waals surface area contributed by atoms with E-state index in [1.807, 2.05) is 13.0 Å². The summed E-state index contributed by atoms with van der Waals surface area (Å²) in [5.74, 6) is -1.28. The Morgan fingerprint density at radius 2 is 1.59 bits per heavy atom. The fraction of sp³-hybridized carbons (Fsp3) is 0.250. The summed E-state index contributed by atoms with van der Waals surface area (Å²) >= 11 is 0. The van der Waals surface area contributed by atoms with Crippen molar-refractivity contribution in [1.82, 2.24) is 0 Å². The van der Waals surface area contributed by atoms with Crippen LogP contribution in [0.1, 0.15) is 20.8 Å². The predicted octanol–water partition coefficient (Wildman–Crippen LogP) is 1.78. The molecule has 94 valence electrons. The first-order valence-corrected chi connectivity index (χ1v) is 4.74. The highest BCUT2D eigenvalue weighted by atomic mass is 16.4. The van der Waals surface area contributed by atoms with Gasteiger partial charge in [-0.05, 0) is 26.8 Å². The van der Waals surface area contributed by atoms with Crippen molar-refractivity contribution in [1.29, 1.82) is 5.26 Å². The first-order chi connectivity index (χ1) is 7.95. The van der Waals surface area contributed by atoms with Crippen LogP contribution in [0.15, 0.2) is 36.5 Å². The summed E-state index contributed by atoms with van der Waals surface area (Å²) in [7, 11) is 0. The zero-order chi connectivity index (χ0) is 14.1. The molecule has 0 aromatic rings. The maximum atomic E-state index is 9.73. The highest BCUT2D eigenvalue weighted by Crippen LogP contribution is 1.65. The molecule has 1 amide bonds. The standard InChI is InChI=1S/C4H7NO.C4H5N.C4H6O2/c1-2-3-4(5)6;1-2-3-4-5;1-2-3-4(5)6/h2-3H,1H3,(H2,5,6);2-3H,1H3;2-3H,1H3,(H,5,6)/b3*3-2-. The van der Waals surface area contributed by atoms with E-state index in [4.69, 9.17) is 10.4 Å². The minimum absolute atomic E-state index is 0.391. The second kappa shape index (κ2) is 19.3. The number of nitriles is 1. The largest absolute Gasteiger partial charge is 0.478 e. The van der Waals surface area contributed by atoms with Crippen molar-refractivity contribution in [2.45, 2.75) is 20.8 Å². The quantitative estimate of drug-likeness (QED) is 0.565. The highest BCUT2D eigenvalue weighted by Gasteiger charge is 1.76. The van der Waals surface area contributed by atoms with Crippen molar-refractivity contribution >= 4 is 11.9 Å². The molecule has 0 unspecified atom stereocenters. The van der Waals surface area contributed by atoms with E-state index in [0.717, 1.165) is 6.08 Å². The lowest BCUT2D eigenvalue weighted by atomic mass is 10.5. The molecule has 0 atom stereocenters. The molecular formula is C12H18N2O3. The highest BCUT2D eigenvalue weighted by molar-refractivity contribution is 5.85. The number of carbonyl (C=O) groups excluding carboxylic acids is 1. The first kappa shape index (κ1) is 20.1. The number of allylic oxidation sites excluding steroid dienone is 4. The van der Waals surface area contributed by atoms with Gasteiger partial charge in [-0.3, -0.25) is 4.79 Å². The third kappa shape index (κ3) is 58.0. The minimum Gasteiger partial charge on any atom is -0.478 e. The van der Waals surface area contributed by atoms with Crippen LogP contribution in [-0.4, -0.2) is 17.0 Å². The van der Waals surface area contributed by atoms with Gasteiger partial charge in [-0.15, -0.1) is 0 Å². The summed E-state index contributed by atoms with van der Waals surface area (Å²) in [6, 6.07) is 1.84. The molecule has 0 saturated carbocycles. The molecule has 5 heteroatoms. The number of primary amides is 1. The number of nitrogens with two attached hydrogens (primary N) is 1. The van der Waals surface area contributed by atoms with E-state index in [0.29, 0.717) is 0 Å². The average molecular weight is 238 g/mol. The van der Waals surface area contributed by atoms with E-state index in [1.165, 1.54) is 18.2 Å². The van der Waals surface area contributed by atoms with E-state index in [9.17, 15) is 9.59 Å². The van der Waals surface area contributed by atoms with Crippen LogP contribution in [0.5, 0.6) is 0 Å². The summed E-state index contributed by atoms with van der Waals surface area (Å²) in [4.78, 5) is 19.2. The molecule has 0 heterocycles. The van der Waals surface area contributed by atoms with Gasteiger partial charge in [0.05, 0.1) is 6.07 Å².